The molecule has 5 nitrogen and oxygen atoms in total. The van der Waals surface area contributed by atoms with Crippen LogP contribution in [0.15, 0.2) is 60.9 Å². The molecule has 1 amide bonds. The molecule has 3 atom stereocenters. The molecule has 1 aliphatic carbocycles. The lowest BCUT2D eigenvalue weighted by molar-refractivity contribution is -0.123. The van der Waals surface area contributed by atoms with E-state index in [-0.39, 0.29) is 23.6 Å². The fourth-order valence-electron chi connectivity index (χ4n) is 3.72. The Balaban J connectivity index is 1.55. The highest BCUT2D eigenvalue weighted by Crippen LogP contribution is 2.34. The Labute approximate surface area is 167 Å². The van der Waals surface area contributed by atoms with E-state index in [0.717, 1.165) is 23.3 Å². The molecule has 7 heteroatoms. The van der Waals surface area contributed by atoms with E-state index in [2.05, 4.69) is 20.6 Å². The number of amides is 1. The third-order valence-electron chi connectivity index (χ3n) is 5.23. The molecule has 0 bridgehead atoms. The summed E-state index contributed by atoms with van der Waals surface area (Å²) in [7, 11) is 0. The number of halogens is 2. The van der Waals surface area contributed by atoms with Crippen LogP contribution in [0, 0.1) is 11.6 Å². The van der Waals surface area contributed by atoms with Gasteiger partial charge in [0.15, 0.2) is 0 Å². The molecule has 0 fully saturated rings. The predicted octanol–water partition coefficient (Wildman–Crippen LogP) is 3.75. The second-order valence-electron chi connectivity index (χ2n) is 7.10. The molecule has 1 aliphatic rings. The zero-order chi connectivity index (χ0) is 20.4. The van der Waals surface area contributed by atoms with Gasteiger partial charge in [-0.1, -0.05) is 30.3 Å². The molecular formula is C22H20F2N4O. The maximum atomic E-state index is 14.1. The van der Waals surface area contributed by atoms with E-state index >= 15 is 0 Å². The van der Waals surface area contributed by atoms with Crippen molar-refractivity contribution in [1.29, 1.82) is 0 Å². The predicted molar refractivity (Wildman–Crippen MR) is 105 cm³/mol. The smallest absolute Gasteiger partial charge is 0.227 e. The van der Waals surface area contributed by atoms with Gasteiger partial charge in [0.05, 0.1) is 18.0 Å². The fraction of sp³-hybridized carbons (Fsp3) is 0.227. The van der Waals surface area contributed by atoms with E-state index in [1.807, 2.05) is 24.3 Å². The Morgan fingerprint density at radius 2 is 1.86 bits per heavy atom. The van der Waals surface area contributed by atoms with Crippen LogP contribution in [0.1, 0.15) is 35.6 Å². The molecule has 148 valence electrons. The molecule has 2 aromatic carbocycles. The molecule has 0 unspecified atom stereocenters. The average molecular weight is 394 g/mol. The number of carbonyl (C=O) groups excluding carboxylic acids is 1. The van der Waals surface area contributed by atoms with Gasteiger partial charge < -0.3 is 10.6 Å². The number of hydrogen-bond donors (Lipinski definition) is 2. The van der Waals surface area contributed by atoms with Crippen LogP contribution >= 0.6 is 0 Å². The number of benzene rings is 2. The molecule has 29 heavy (non-hydrogen) atoms. The first-order valence-electron chi connectivity index (χ1n) is 9.39. The summed E-state index contributed by atoms with van der Waals surface area (Å²) in [5, 5.41) is 6.31. The first-order valence-corrected chi connectivity index (χ1v) is 9.39. The first-order chi connectivity index (χ1) is 14.0. The maximum absolute atomic E-state index is 14.1. The minimum atomic E-state index is -0.757. The highest BCUT2D eigenvalue weighted by atomic mass is 19.1. The minimum absolute atomic E-state index is 0.162. The largest absolute Gasteiger partial charge is 0.350 e. The van der Waals surface area contributed by atoms with Crippen LogP contribution < -0.4 is 10.6 Å². The summed E-state index contributed by atoms with van der Waals surface area (Å²) in [6, 6.07) is 12.4. The Morgan fingerprint density at radius 1 is 1.10 bits per heavy atom. The Hall–Kier alpha value is -3.35. The molecular weight excluding hydrogens is 374 g/mol. The zero-order valence-electron chi connectivity index (χ0n) is 15.8. The van der Waals surface area contributed by atoms with E-state index in [4.69, 9.17) is 0 Å². The van der Waals surface area contributed by atoms with E-state index < -0.39 is 17.6 Å². The summed E-state index contributed by atoms with van der Waals surface area (Å²) >= 11 is 0. The molecule has 0 saturated heterocycles. The van der Waals surface area contributed by atoms with E-state index in [1.165, 1.54) is 6.07 Å². The Bertz CT molecular complexity index is 1030. The van der Waals surface area contributed by atoms with E-state index in [0.29, 0.717) is 12.4 Å². The number of rotatable bonds is 5. The normalized spacial score (nSPS) is 18.7. The van der Waals surface area contributed by atoms with Crippen molar-refractivity contribution in [3.63, 3.8) is 0 Å². The molecule has 1 heterocycles. The maximum Gasteiger partial charge on any atom is 0.227 e. The van der Waals surface area contributed by atoms with Crippen molar-refractivity contribution >= 4 is 11.9 Å². The first kappa shape index (κ1) is 19.0. The standard InChI is InChI=1S/C22H20F2N4O/c1-13(16-8-7-15(23)12-18(16)24)21(29)27-19-11-14-5-2-3-6-17(14)20(19)28-22-25-9-4-10-26-22/h2-10,12-13,19-20H,11H2,1H3,(H,27,29)(H,25,26,28)/t13-,19-,20-/m0/s1. The highest BCUT2D eigenvalue weighted by Gasteiger charge is 2.35. The van der Waals surface area contributed by atoms with Crippen molar-refractivity contribution < 1.29 is 13.6 Å². The fourth-order valence-corrected chi connectivity index (χ4v) is 3.72. The van der Waals surface area contributed by atoms with E-state index in [9.17, 15) is 13.6 Å². The van der Waals surface area contributed by atoms with Gasteiger partial charge in [-0.15, -0.1) is 0 Å². The summed E-state index contributed by atoms with van der Waals surface area (Å²) in [5.41, 5.74) is 2.34. The third kappa shape index (κ3) is 3.94. The quantitative estimate of drug-likeness (QED) is 0.692. The molecule has 0 saturated carbocycles. The lowest BCUT2D eigenvalue weighted by Crippen LogP contribution is -2.42. The summed E-state index contributed by atoms with van der Waals surface area (Å²) in [6.45, 7) is 1.61. The van der Waals surface area contributed by atoms with Crippen LogP contribution in [0.2, 0.25) is 0 Å². The van der Waals surface area contributed by atoms with Gasteiger partial charge in [-0.3, -0.25) is 4.79 Å². The minimum Gasteiger partial charge on any atom is -0.350 e. The monoisotopic (exact) mass is 394 g/mol. The second kappa shape index (κ2) is 7.95. The van der Waals surface area contributed by atoms with Gasteiger partial charge in [0.2, 0.25) is 11.9 Å². The lowest BCUT2D eigenvalue weighted by atomic mass is 9.98. The van der Waals surface area contributed by atoms with Gasteiger partial charge in [0, 0.05) is 24.0 Å². The number of carbonyl (C=O) groups is 1. The van der Waals surface area contributed by atoms with Crippen LogP contribution in [-0.4, -0.2) is 21.9 Å². The number of nitrogens with zero attached hydrogens (tertiary/aromatic N) is 2. The third-order valence-corrected chi connectivity index (χ3v) is 5.23. The van der Waals surface area contributed by atoms with Crippen molar-refractivity contribution in [2.45, 2.75) is 31.3 Å². The average Bonchev–Trinajstić information content (AvgIpc) is 3.05. The molecule has 0 aliphatic heterocycles. The lowest BCUT2D eigenvalue weighted by Gasteiger charge is -2.24. The number of hydrogen-bond acceptors (Lipinski definition) is 4. The Kier molecular flexibility index (Phi) is 5.20. The van der Waals surface area contributed by atoms with Crippen molar-refractivity contribution in [2.75, 3.05) is 5.32 Å². The summed E-state index contributed by atoms with van der Waals surface area (Å²) in [5.74, 6) is -2.01. The summed E-state index contributed by atoms with van der Waals surface area (Å²) in [6.07, 6.45) is 3.91. The van der Waals surface area contributed by atoms with E-state index in [1.54, 1.807) is 25.4 Å². The molecule has 1 aromatic heterocycles. The number of nitrogens with one attached hydrogen (secondary N) is 2. The number of aromatic nitrogens is 2. The molecule has 3 aromatic rings. The Morgan fingerprint density at radius 3 is 2.62 bits per heavy atom. The van der Waals surface area contributed by atoms with Crippen LogP contribution in [0.5, 0.6) is 0 Å². The van der Waals surface area contributed by atoms with Gasteiger partial charge in [0.25, 0.3) is 0 Å². The molecule has 0 spiro atoms. The van der Waals surface area contributed by atoms with Crippen LogP contribution in [-0.2, 0) is 11.2 Å². The molecule has 4 rings (SSSR count). The van der Waals surface area contributed by atoms with Gasteiger partial charge in [-0.25, -0.2) is 18.7 Å². The summed E-state index contributed by atoms with van der Waals surface area (Å²) in [4.78, 5) is 21.3. The SMILES string of the molecule is C[C@H](C(=O)N[C@H]1Cc2ccccc2[C@@H]1Nc1ncccn1)c1ccc(F)cc1F. The second-order valence-corrected chi connectivity index (χ2v) is 7.10. The molecule has 2 N–H and O–H groups in total. The van der Waals surface area contributed by atoms with Crippen molar-refractivity contribution in [1.82, 2.24) is 15.3 Å². The van der Waals surface area contributed by atoms with Crippen LogP contribution in [0.25, 0.3) is 0 Å². The topological polar surface area (TPSA) is 66.9 Å². The van der Waals surface area contributed by atoms with Gasteiger partial charge in [-0.05, 0) is 36.6 Å². The number of anilines is 1. The number of fused-ring (bicyclic) bond motifs is 1. The van der Waals surface area contributed by atoms with Crippen LogP contribution in [0.4, 0.5) is 14.7 Å². The van der Waals surface area contributed by atoms with Gasteiger partial charge >= 0.3 is 0 Å². The highest BCUT2D eigenvalue weighted by molar-refractivity contribution is 5.83. The van der Waals surface area contributed by atoms with Crippen molar-refractivity contribution in [3.8, 4) is 0 Å². The summed E-state index contributed by atoms with van der Waals surface area (Å²) < 4.78 is 27.3. The molecule has 0 radical (unpaired) electrons. The van der Waals surface area contributed by atoms with Gasteiger partial charge in [0.1, 0.15) is 11.6 Å². The zero-order valence-corrected chi connectivity index (χ0v) is 15.8. The van der Waals surface area contributed by atoms with Gasteiger partial charge in [-0.2, -0.15) is 0 Å². The van der Waals surface area contributed by atoms with Crippen LogP contribution in [0.3, 0.4) is 0 Å². The van der Waals surface area contributed by atoms with Crippen molar-refractivity contribution in [3.05, 3.63) is 89.2 Å². The van der Waals surface area contributed by atoms with Crippen molar-refractivity contribution in [2.24, 2.45) is 0 Å².